The predicted molar refractivity (Wildman–Crippen MR) is 85.5 cm³/mol. The van der Waals surface area contributed by atoms with Gasteiger partial charge in [-0.05, 0) is 18.1 Å². The Kier molecular flexibility index (Phi) is 6.29. The van der Waals surface area contributed by atoms with E-state index in [1.54, 1.807) is 18.6 Å². The van der Waals surface area contributed by atoms with Crippen LogP contribution < -0.4 is 10.6 Å². The number of carbonyl (C=O) groups is 1. The summed E-state index contributed by atoms with van der Waals surface area (Å²) < 4.78 is 0. The second-order valence-corrected chi connectivity index (χ2v) is 4.96. The van der Waals surface area contributed by atoms with Gasteiger partial charge in [0, 0.05) is 25.5 Å². The number of amides is 1. The molecule has 0 aliphatic carbocycles. The lowest BCUT2D eigenvalue weighted by atomic mass is 10.2. The van der Waals surface area contributed by atoms with Crippen molar-refractivity contribution in [1.82, 2.24) is 20.3 Å². The number of nitrogens with zero attached hydrogens (tertiary/aromatic N) is 3. The average molecular weight is 299 g/mol. The van der Waals surface area contributed by atoms with Crippen LogP contribution in [0.4, 0.5) is 5.82 Å². The van der Waals surface area contributed by atoms with Gasteiger partial charge < -0.3 is 10.6 Å². The van der Waals surface area contributed by atoms with Gasteiger partial charge in [-0.15, -0.1) is 0 Å². The number of pyridine rings is 1. The van der Waals surface area contributed by atoms with Crippen LogP contribution in [0, 0.1) is 0 Å². The zero-order valence-corrected chi connectivity index (χ0v) is 12.7. The van der Waals surface area contributed by atoms with Gasteiger partial charge >= 0.3 is 0 Å². The Hall–Kier alpha value is -2.50. The molecule has 2 N–H and O–H groups in total. The van der Waals surface area contributed by atoms with Gasteiger partial charge in [0.25, 0.3) is 5.91 Å². The summed E-state index contributed by atoms with van der Waals surface area (Å²) >= 11 is 0. The molecule has 0 atom stereocenters. The highest BCUT2D eigenvalue weighted by molar-refractivity contribution is 5.91. The lowest BCUT2D eigenvalue weighted by molar-refractivity contribution is 0.0947. The molecule has 0 radical (unpaired) electrons. The van der Waals surface area contributed by atoms with Gasteiger partial charge in [0.2, 0.25) is 0 Å². The summed E-state index contributed by atoms with van der Waals surface area (Å²) in [5.74, 6) is 0.453. The first-order chi connectivity index (χ1) is 10.8. The monoisotopic (exact) mass is 299 g/mol. The van der Waals surface area contributed by atoms with Crippen molar-refractivity contribution in [3.63, 3.8) is 0 Å². The Morgan fingerprint density at radius 2 is 2.09 bits per heavy atom. The lowest BCUT2D eigenvalue weighted by Gasteiger charge is -2.06. The Labute approximate surface area is 130 Å². The predicted octanol–water partition coefficient (Wildman–Crippen LogP) is 2.40. The van der Waals surface area contributed by atoms with E-state index in [1.807, 2.05) is 12.1 Å². The van der Waals surface area contributed by atoms with Crippen LogP contribution in [-0.2, 0) is 6.54 Å². The highest BCUT2D eigenvalue weighted by atomic mass is 16.1. The number of hydrogen-bond acceptors (Lipinski definition) is 5. The maximum absolute atomic E-state index is 11.9. The van der Waals surface area contributed by atoms with E-state index in [-0.39, 0.29) is 5.91 Å². The zero-order chi connectivity index (χ0) is 15.6. The largest absolute Gasteiger partial charge is 0.365 e. The van der Waals surface area contributed by atoms with E-state index in [0.29, 0.717) is 24.6 Å². The first kappa shape index (κ1) is 15.9. The number of hydrogen-bond donors (Lipinski definition) is 2. The molecule has 1 amide bonds. The second-order valence-electron chi connectivity index (χ2n) is 4.96. The van der Waals surface area contributed by atoms with Crippen LogP contribution in [0.25, 0.3) is 0 Å². The third-order valence-corrected chi connectivity index (χ3v) is 3.15. The molecule has 116 valence electrons. The molecule has 2 aromatic rings. The standard InChI is InChI=1S/C16H21N5O/c1-2-3-4-8-18-16(22)14-11-21-15(12-19-14)20-10-13-6-5-7-17-9-13/h5-7,9,11-12H,2-4,8,10H2,1H3,(H,18,22)(H,20,21). The van der Waals surface area contributed by atoms with Crippen LogP contribution in [0.15, 0.2) is 36.9 Å². The van der Waals surface area contributed by atoms with Crippen molar-refractivity contribution in [2.75, 3.05) is 11.9 Å². The number of nitrogens with one attached hydrogen (secondary N) is 2. The first-order valence-electron chi connectivity index (χ1n) is 7.52. The smallest absolute Gasteiger partial charge is 0.271 e. The molecule has 0 saturated carbocycles. The number of unbranched alkanes of at least 4 members (excludes halogenated alkanes) is 2. The molecule has 0 spiro atoms. The molecule has 0 aromatic carbocycles. The van der Waals surface area contributed by atoms with Gasteiger partial charge in [0.05, 0.1) is 12.4 Å². The molecule has 0 fully saturated rings. The summed E-state index contributed by atoms with van der Waals surface area (Å²) in [7, 11) is 0. The van der Waals surface area contributed by atoms with Crippen molar-refractivity contribution in [3.8, 4) is 0 Å². The number of carbonyl (C=O) groups excluding carboxylic acids is 1. The summed E-state index contributed by atoms with van der Waals surface area (Å²) in [6, 6.07) is 3.86. The van der Waals surface area contributed by atoms with E-state index in [2.05, 4.69) is 32.5 Å². The van der Waals surface area contributed by atoms with Crippen LogP contribution in [0.1, 0.15) is 42.2 Å². The Morgan fingerprint density at radius 3 is 2.77 bits per heavy atom. The molecule has 2 rings (SSSR count). The van der Waals surface area contributed by atoms with E-state index in [0.717, 1.165) is 24.8 Å². The Morgan fingerprint density at radius 1 is 1.18 bits per heavy atom. The molecule has 22 heavy (non-hydrogen) atoms. The fourth-order valence-electron chi connectivity index (χ4n) is 1.90. The van der Waals surface area contributed by atoms with Gasteiger partial charge in [0.15, 0.2) is 0 Å². The first-order valence-corrected chi connectivity index (χ1v) is 7.52. The highest BCUT2D eigenvalue weighted by Crippen LogP contribution is 2.04. The van der Waals surface area contributed by atoms with E-state index < -0.39 is 0 Å². The fraction of sp³-hybridized carbons (Fsp3) is 0.375. The molecular weight excluding hydrogens is 278 g/mol. The van der Waals surface area contributed by atoms with Crippen molar-refractivity contribution in [2.24, 2.45) is 0 Å². The number of aromatic nitrogens is 3. The number of anilines is 1. The van der Waals surface area contributed by atoms with Crippen LogP contribution in [-0.4, -0.2) is 27.4 Å². The lowest BCUT2D eigenvalue weighted by Crippen LogP contribution is -2.25. The van der Waals surface area contributed by atoms with Crippen molar-refractivity contribution in [3.05, 3.63) is 48.2 Å². The van der Waals surface area contributed by atoms with E-state index in [1.165, 1.54) is 6.20 Å². The third-order valence-electron chi connectivity index (χ3n) is 3.15. The van der Waals surface area contributed by atoms with Crippen molar-refractivity contribution < 1.29 is 4.79 Å². The van der Waals surface area contributed by atoms with Gasteiger partial charge in [-0.3, -0.25) is 9.78 Å². The van der Waals surface area contributed by atoms with E-state index in [4.69, 9.17) is 0 Å². The normalized spacial score (nSPS) is 10.2. The van der Waals surface area contributed by atoms with E-state index in [9.17, 15) is 4.79 Å². The summed E-state index contributed by atoms with van der Waals surface area (Å²) in [5.41, 5.74) is 1.39. The summed E-state index contributed by atoms with van der Waals surface area (Å²) in [6.45, 7) is 3.42. The van der Waals surface area contributed by atoms with Crippen molar-refractivity contribution in [1.29, 1.82) is 0 Å². The van der Waals surface area contributed by atoms with Crippen molar-refractivity contribution in [2.45, 2.75) is 32.7 Å². The Balaban J connectivity index is 1.81. The van der Waals surface area contributed by atoms with Crippen LogP contribution in [0.2, 0.25) is 0 Å². The van der Waals surface area contributed by atoms with Crippen LogP contribution >= 0.6 is 0 Å². The summed E-state index contributed by atoms with van der Waals surface area (Å²) in [5, 5.41) is 5.98. The molecule has 6 nitrogen and oxygen atoms in total. The molecule has 0 saturated heterocycles. The SMILES string of the molecule is CCCCCNC(=O)c1cnc(NCc2cccnc2)cn1. The zero-order valence-electron chi connectivity index (χ0n) is 12.7. The molecular formula is C16H21N5O. The topological polar surface area (TPSA) is 79.8 Å². The second kappa shape index (κ2) is 8.71. The number of rotatable bonds is 8. The minimum Gasteiger partial charge on any atom is -0.365 e. The van der Waals surface area contributed by atoms with E-state index >= 15 is 0 Å². The van der Waals surface area contributed by atoms with Gasteiger partial charge in [-0.25, -0.2) is 9.97 Å². The minimum absolute atomic E-state index is 0.178. The molecule has 0 aliphatic rings. The molecule has 2 aromatic heterocycles. The quantitative estimate of drug-likeness (QED) is 0.732. The Bertz CT molecular complexity index is 571. The van der Waals surface area contributed by atoms with Crippen LogP contribution in [0.5, 0.6) is 0 Å². The van der Waals surface area contributed by atoms with Gasteiger partial charge in [-0.2, -0.15) is 0 Å². The molecule has 2 heterocycles. The average Bonchev–Trinajstić information content (AvgIpc) is 2.58. The minimum atomic E-state index is -0.178. The highest BCUT2D eigenvalue weighted by Gasteiger charge is 2.07. The third kappa shape index (κ3) is 5.12. The summed E-state index contributed by atoms with van der Waals surface area (Å²) in [4.78, 5) is 24.2. The van der Waals surface area contributed by atoms with Crippen molar-refractivity contribution >= 4 is 11.7 Å². The van der Waals surface area contributed by atoms with Gasteiger partial charge in [-0.1, -0.05) is 25.8 Å². The maximum atomic E-state index is 11.9. The molecule has 0 aliphatic heterocycles. The molecule has 6 heteroatoms. The van der Waals surface area contributed by atoms with Gasteiger partial charge in [0.1, 0.15) is 11.5 Å². The van der Waals surface area contributed by atoms with Crippen LogP contribution in [0.3, 0.4) is 0 Å². The maximum Gasteiger partial charge on any atom is 0.271 e. The molecule has 0 unspecified atom stereocenters. The summed E-state index contributed by atoms with van der Waals surface area (Å²) in [6.07, 6.45) is 9.81. The molecule has 0 bridgehead atoms. The fourth-order valence-corrected chi connectivity index (χ4v) is 1.90.